The van der Waals surface area contributed by atoms with E-state index in [2.05, 4.69) is 0 Å². The highest BCUT2D eigenvalue weighted by Crippen LogP contribution is 2.42. The first-order chi connectivity index (χ1) is 36.1. The summed E-state index contributed by atoms with van der Waals surface area (Å²) < 4.78 is 183. The molecule has 0 radical (unpaired) electrons. The number of rotatable bonds is 6. The van der Waals surface area contributed by atoms with Crippen molar-refractivity contribution in [1.29, 1.82) is 0 Å². The Labute approximate surface area is 351 Å². The standard InChI is InChI=1S/C51H33N5/c1-4-16-34(17-5-1)37-22-14-24-39(32-37)50-52-49(36-20-8-3-9-21-36)53-51(54-50)56-46-29-13-11-27-42(46)44-31-30-43-41-26-10-12-28-45(41)55(47(43)48(44)56)40-25-15-23-38(33-40)35-18-6-2-7-19-35/h1-33H/i1D,2D,6D,7D,10D,11D,12D,13D,15D,18D,19D,23D,25D,26D,27D,28D,29D,30D,31D,33D. The van der Waals surface area contributed by atoms with Crippen molar-refractivity contribution >= 4 is 43.6 Å². The molecule has 0 bridgehead atoms. The number of aromatic nitrogens is 5. The molecule has 0 fully saturated rings. The van der Waals surface area contributed by atoms with E-state index in [1.807, 2.05) is 6.07 Å². The summed E-state index contributed by atoms with van der Waals surface area (Å²) in [6.45, 7) is 0. The number of para-hydroxylation sites is 2. The van der Waals surface area contributed by atoms with Crippen LogP contribution < -0.4 is 0 Å². The second-order valence-corrected chi connectivity index (χ2v) is 12.6. The molecule has 11 aromatic rings. The molecule has 0 saturated heterocycles. The van der Waals surface area contributed by atoms with E-state index in [9.17, 15) is 12.3 Å². The average molecular weight is 736 g/mol. The van der Waals surface area contributed by atoms with E-state index in [0.29, 0.717) is 22.7 Å². The molecule has 5 nitrogen and oxygen atoms in total. The first-order valence-corrected chi connectivity index (χ1v) is 17.2. The molecular weight excluding hydrogens is 683 g/mol. The monoisotopic (exact) mass is 735 g/mol. The molecule has 11 rings (SSSR count). The molecule has 0 spiro atoms. The predicted octanol–water partition coefficient (Wildman–Crippen LogP) is 12.7. The molecule has 5 heteroatoms. The molecule has 0 N–H and O–H groups in total. The van der Waals surface area contributed by atoms with Crippen molar-refractivity contribution in [3.8, 4) is 56.7 Å². The predicted molar refractivity (Wildman–Crippen MR) is 230 cm³/mol. The maximum absolute atomic E-state index is 9.87. The zero-order chi connectivity index (χ0) is 54.4. The fourth-order valence-corrected chi connectivity index (χ4v) is 6.91. The second kappa shape index (κ2) is 13.0. The van der Waals surface area contributed by atoms with Gasteiger partial charge in [-0.05, 0) is 52.5 Å². The summed E-state index contributed by atoms with van der Waals surface area (Å²) in [6, 6.07) is 7.40. The van der Waals surface area contributed by atoms with E-state index >= 15 is 0 Å². The number of benzene rings is 8. The van der Waals surface area contributed by atoms with Crippen molar-refractivity contribution in [2.75, 3.05) is 0 Å². The smallest absolute Gasteiger partial charge is 0.238 e. The van der Waals surface area contributed by atoms with Crippen molar-refractivity contribution in [1.82, 2.24) is 24.1 Å². The van der Waals surface area contributed by atoms with Crippen molar-refractivity contribution in [2.24, 2.45) is 0 Å². The lowest BCUT2D eigenvalue weighted by molar-refractivity contribution is 0.953. The SMILES string of the molecule is [2H]c1ccc(-c2cccc(-c3nc(-c4ccccc4)nc(-n4c5c([2H])c([2H])c([2H])c([2H])c5c5c([2H])c([2H])c6c7c([2H])c([2H])c([2H])c([2H])c7n(-c7c([2H])c([2H])c([2H])c(-c8c([2H])c([2H])c([2H])c([2H])c8[2H])c7[2H])c6c54)n3)c2)cc1. The number of hydrogen-bond donors (Lipinski definition) is 0. The first kappa shape index (κ1) is 17.7. The van der Waals surface area contributed by atoms with E-state index in [4.69, 9.17) is 30.0 Å². The zero-order valence-electron chi connectivity index (χ0n) is 48.7. The molecule has 3 heterocycles. The van der Waals surface area contributed by atoms with E-state index in [0.717, 1.165) is 10.1 Å². The van der Waals surface area contributed by atoms with Crippen LogP contribution in [0.15, 0.2) is 200 Å². The molecule has 0 amide bonds. The van der Waals surface area contributed by atoms with Crippen molar-refractivity contribution in [3.63, 3.8) is 0 Å². The highest BCUT2D eigenvalue weighted by molar-refractivity contribution is 6.23. The lowest BCUT2D eigenvalue weighted by Gasteiger charge is -2.14. The number of hydrogen-bond acceptors (Lipinski definition) is 3. The summed E-state index contributed by atoms with van der Waals surface area (Å²) in [5, 5.41) is -1.53. The Morgan fingerprint density at radius 3 is 1.71 bits per heavy atom. The molecular formula is C51H33N5. The van der Waals surface area contributed by atoms with Gasteiger partial charge in [0.2, 0.25) is 5.95 Å². The van der Waals surface area contributed by atoms with Crippen molar-refractivity contribution in [2.45, 2.75) is 0 Å². The Morgan fingerprint density at radius 2 is 0.964 bits per heavy atom. The molecule has 0 aliphatic heterocycles. The summed E-state index contributed by atoms with van der Waals surface area (Å²) >= 11 is 0. The van der Waals surface area contributed by atoms with Crippen LogP contribution >= 0.6 is 0 Å². The highest BCUT2D eigenvalue weighted by atomic mass is 15.2. The molecule has 262 valence electrons. The fraction of sp³-hybridized carbons (Fsp3) is 0. The van der Waals surface area contributed by atoms with Gasteiger partial charge >= 0.3 is 0 Å². The van der Waals surface area contributed by atoms with Gasteiger partial charge in [-0.1, -0.05) is 169 Å². The quantitative estimate of drug-likeness (QED) is 0.171. The molecule has 3 aromatic heterocycles. The van der Waals surface area contributed by atoms with Crippen LogP contribution in [0.1, 0.15) is 27.4 Å². The lowest BCUT2D eigenvalue weighted by Crippen LogP contribution is -2.07. The van der Waals surface area contributed by atoms with Crippen LogP contribution in [-0.2, 0) is 0 Å². The van der Waals surface area contributed by atoms with Gasteiger partial charge in [0.25, 0.3) is 0 Å². The molecule has 0 aliphatic rings. The molecule has 0 aliphatic carbocycles. The van der Waals surface area contributed by atoms with E-state index in [1.165, 1.54) is 4.57 Å². The van der Waals surface area contributed by atoms with Crippen LogP contribution in [-0.4, -0.2) is 24.1 Å². The van der Waals surface area contributed by atoms with Gasteiger partial charge in [0, 0.05) is 38.4 Å². The summed E-state index contributed by atoms with van der Waals surface area (Å²) in [4.78, 5) is 14.8. The summed E-state index contributed by atoms with van der Waals surface area (Å²) in [6.07, 6.45) is 0. The molecule has 0 atom stereocenters. The minimum absolute atomic E-state index is 0.0215. The van der Waals surface area contributed by atoms with E-state index in [-0.39, 0.29) is 39.4 Å². The van der Waals surface area contributed by atoms with Gasteiger partial charge in [-0.25, -0.2) is 4.98 Å². The van der Waals surface area contributed by atoms with Gasteiger partial charge in [0.1, 0.15) is 0 Å². The molecule has 8 aromatic carbocycles. The summed E-state index contributed by atoms with van der Waals surface area (Å²) in [5.74, 6) is -0.296. The Kier molecular flexibility index (Phi) is 4.12. The number of fused-ring (bicyclic) bond motifs is 7. The van der Waals surface area contributed by atoms with Gasteiger partial charge in [-0.3, -0.25) is 4.57 Å². The molecule has 0 saturated carbocycles. The van der Waals surface area contributed by atoms with Gasteiger partial charge in [-0.15, -0.1) is 0 Å². The maximum Gasteiger partial charge on any atom is 0.238 e. The van der Waals surface area contributed by atoms with E-state index in [1.54, 1.807) is 72.8 Å². The normalized spacial score (nSPS) is 16.6. The minimum Gasteiger partial charge on any atom is -0.307 e. The van der Waals surface area contributed by atoms with Crippen LogP contribution in [0.2, 0.25) is 0 Å². The van der Waals surface area contributed by atoms with Gasteiger partial charge in [-0.2, -0.15) is 9.97 Å². The van der Waals surface area contributed by atoms with Crippen LogP contribution in [0.5, 0.6) is 0 Å². The minimum atomic E-state index is -0.948. The van der Waals surface area contributed by atoms with Crippen molar-refractivity contribution < 1.29 is 27.4 Å². The zero-order valence-corrected chi connectivity index (χ0v) is 28.7. The fourth-order valence-electron chi connectivity index (χ4n) is 6.91. The van der Waals surface area contributed by atoms with Gasteiger partial charge in [0.05, 0.1) is 49.5 Å². The second-order valence-electron chi connectivity index (χ2n) is 12.6. The Balaban J connectivity index is 1.41. The van der Waals surface area contributed by atoms with Crippen LogP contribution in [0.25, 0.3) is 100 Å². The topological polar surface area (TPSA) is 48.5 Å². The average Bonchev–Trinajstić information content (AvgIpc) is 4.19. The van der Waals surface area contributed by atoms with E-state index < -0.39 is 153 Å². The van der Waals surface area contributed by atoms with Gasteiger partial charge in [0.15, 0.2) is 11.6 Å². The third-order valence-corrected chi connectivity index (χ3v) is 9.35. The Morgan fingerprint density at radius 1 is 0.375 bits per heavy atom. The van der Waals surface area contributed by atoms with Crippen LogP contribution in [0.3, 0.4) is 0 Å². The maximum atomic E-state index is 9.87. The third-order valence-electron chi connectivity index (χ3n) is 9.35. The Hall–Kier alpha value is -7.63. The summed E-state index contributed by atoms with van der Waals surface area (Å²) in [7, 11) is 0. The van der Waals surface area contributed by atoms with Crippen molar-refractivity contribution in [3.05, 3.63) is 200 Å². The lowest BCUT2D eigenvalue weighted by atomic mass is 10.0. The largest absolute Gasteiger partial charge is 0.307 e. The highest BCUT2D eigenvalue weighted by Gasteiger charge is 2.23. The Bertz CT molecular complexity index is 4370. The van der Waals surface area contributed by atoms with Crippen LogP contribution in [0.4, 0.5) is 0 Å². The number of nitrogens with zero attached hydrogens (tertiary/aromatic N) is 5. The van der Waals surface area contributed by atoms with Gasteiger partial charge < -0.3 is 4.57 Å². The first-order valence-electron chi connectivity index (χ1n) is 27.2. The summed E-state index contributed by atoms with van der Waals surface area (Å²) in [5.41, 5.74) is -1.47. The molecule has 56 heavy (non-hydrogen) atoms. The van der Waals surface area contributed by atoms with Crippen LogP contribution in [0, 0.1) is 0 Å². The molecule has 0 unspecified atom stereocenters. The third kappa shape index (κ3) is 5.21.